The zero-order valence-electron chi connectivity index (χ0n) is 58.2. The molecular formula is C68H76BF9IN25O12. The average molecular weight is 1740 g/mol. The highest BCUT2D eigenvalue weighted by Crippen LogP contribution is 2.33. The predicted octanol–water partition coefficient (Wildman–Crippen LogP) is 12.1. The first-order chi connectivity index (χ1) is 53.4. The van der Waals surface area contributed by atoms with Crippen LogP contribution in [0, 0.1) is 23.8 Å². The summed E-state index contributed by atoms with van der Waals surface area (Å²) in [6.45, 7) is 2.00. The van der Waals surface area contributed by atoms with E-state index < -0.39 is 58.1 Å². The van der Waals surface area contributed by atoms with Crippen LogP contribution in [0.15, 0.2) is 201 Å². The number of pyridine rings is 5. The summed E-state index contributed by atoms with van der Waals surface area (Å²) in [5.41, 5.74) is 6.36. The highest BCUT2D eigenvalue weighted by Gasteiger charge is 2.32. The number of halogens is 10. The molecular weight excluding hydrogens is 1670 g/mol. The van der Waals surface area contributed by atoms with E-state index in [-0.39, 0.29) is 70.4 Å². The van der Waals surface area contributed by atoms with Crippen molar-refractivity contribution in [3.8, 4) is 46.3 Å². The van der Waals surface area contributed by atoms with Crippen molar-refractivity contribution in [2.45, 2.75) is 61.1 Å². The number of ether oxygens (including phenoxy) is 5. The number of hydrogen-bond donors (Lipinski definition) is 7. The number of aromatic nitrogens is 20. The molecule has 0 amide bonds. The number of hydrogen-bond acceptors (Lipinski definition) is 29. The van der Waals surface area contributed by atoms with Crippen molar-refractivity contribution in [3.05, 3.63) is 247 Å². The fraction of sp³-hybridized carbons (Fsp3) is 0.221. The Bertz CT molecular complexity index is 5150. The molecule has 0 saturated carbocycles. The molecule has 48 heteroatoms. The van der Waals surface area contributed by atoms with Gasteiger partial charge in [-0.3, -0.25) is 4.79 Å². The van der Waals surface area contributed by atoms with Gasteiger partial charge in [0.15, 0.2) is 0 Å². The Morgan fingerprint density at radius 1 is 0.517 bits per heavy atom. The lowest BCUT2D eigenvalue weighted by Gasteiger charge is -2.08. The van der Waals surface area contributed by atoms with Crippen molar-refractivity contribution >= 4 is 76.3 Å². The van der Waals surface area contributed by atoms with E-state index in [1.54, 1.807) is 72.7 Å². The zero-order chi connectivity index (χ0) is 81.4. The van der Waals surface area contributed by atoms with Crippen molar-refractivity contribution in [2.24, 2.45) is 0 Å². The molecule has 8 N–H and O–H groups in total. The number of nitrogens with two attached hydrogens (primary N) is 1. The van der Waals surface area contributed by atoms with Crippen LogP contribution in [0.2, 0.25) is 0 Å². The van der Waals surface area contributed by atoms with Gasteiger partial charge in [-0.05, 0) is 136 Å². The van der Waals surface area contributed by atoms with Crippen LogP contribution in [-0.4, -0.2) is 168 Å². The lowest BCUT2D eigenvalue weighted by atomic mass is 9.81. The second-order valence-electron chi connectivity index (χ2n) is 21.2. The number of methoxy groups -OCH3 is 4. The van der Waals surface area contributed by atoms with Crippen molar-refractivity contribution in [1.82, 2.24) is 99.2 Å². The number of alkyl halides is 9. The minimum atomic E-state index is -4.42. The molecule has 1 saturated heterocycles. The van der Waals surface area contributed by atoms with Gasteiger partial charge in [-0.15, -0.1) is 25.1 Å². The second kappa shape index (κ2) is 47.0. The number of nitrogen functional groups attached to an aromatic ring is 1. The number of anilines is 5. The average Bonchev–Trinajstić information content (AvgIpc) is 1.56. The standard InChI is InChI=1S/C15H12F3N5O.C14H10F3N5O.C8H7N5O3.C8H9N5O.C7H4F3I.C6H8BNO3.C4H8O.C2H2N4O2.4CH4/c1-24-13-8-12(5-6-19-13)23-9-20-14(22-23)21-11-4-2-3-10(7-11)15(16,17)18;15-14(16,17)9-2-1-3-10(6-9)20-13-19-8-22(21-13)11-4-5-18-12(23)7-11;1-16-7-4-6(2-3-9-7)12-5-10-8(11-12)13(14)15;1-14-7-4-6(2-3-10-7)13-5-11-8(9)12-13;8-7(9,10)5-2-1-3-6(11)4-5;1-11-6-4-5(7(9)10)2-3-8-6;1-2-4-5-3-1;7-6(8)2-3-1-4-5-2;;;;/h2-9H,1H3,(H,21,22);1-8H,(H,18,23)(H,20,21);2-5H,1H3;2-5H,1H3,(H2,9,12);1-4H;2-4,9-10H,1H3;1-4H2;1H,(H,3,4,5);4*1H4. The summed E-state index contributed by atoms with van der Waals surface area (Å²) in [6.07, 6.45) is 3.77. The Morgan fingerprint density at radius 2 is 0.931 bits per heavy atom. The summed E-state index contributed by atoms with van der Waals surface area (Å²) in [6, 6.07) is 30.7. The second-order valence-corrected chi connectivity index (χ2v) is 22.5. The van der Waals surface area contributed by atoms with E-state index in [1.165, 1.54) is 141 Å². The lowest BCUT2D eigenvalue weighted by Crippen LogP contribution is -2.29. The minimum absolute atomic E-state index is 0. The van der Waals surface area contributed by atoms with Crippen molar-refractivity contribution < 1.29 is 83.1 Å². The summed E-state index contributed by atoms with van der Waals surface area (Å²) in [4.78, 5) is 66.8. The van der Waals surface area contributed by atoms with Gasteiger partial charge in [0.2, 0.25) is 59.6 Å². The first-order valence-electron chi connectivity index (χ1n) is 31.3. The molecule has 0 aliphatic carbocycles. The zero-order valence-corrected chi connectivity index (χ0v) is 60.3. The van der Waals surface area contributed by atoms with E-state index >= 15 is 0 Å². The quantitative estimate of drug-likeness (QED) is 0.0165. The van der Waals surface area contributed by atoms with Gasteiger partial charge in [-0.1, -0.05) is 63.0 Å². The van der Waals surface area contributed by atoms with Crippen LogP contribution in [0.5, 0.6) is 23.5 Å². The molecule has 10 aromatic heterocycles. The van der Waals surface area contributed by atoms with Crippen LogP contribution in [0.1, 0.15) is 59.2 Å². The van der Waals surface area contributed by atoms with Gasteiger partial charge >= 0.3 is 37.5 Å². The fourth-order valence-electron chi connectivity index (χ4n) is 8.25. The Morgan fingerprint density at radius 3 is 1.28 bits per heavy atom. The molecule has 618 valence electrons. The predicted molar refractivity (Wildman–Crippen MR) is 414 cm³/mol. The van der Waals surface area contributed by atoms with Gasteiger partial charge < -0.3 is 75.3 Å². The van der Waals surface area contributed by atoms with Gasteiger partial charge in [0.05, 0.1) is 67.9 Å². The molecule has 37 nitrogen and oxygen atoms in total. The molecule has 0 atom stereocenters. The number of aromatic amines is 2. The molecule has 1 aliphatic heterocycles. The summed E-state index contributed by atoms with van der Waals surface area (Å²) in [5.74, 6) is 1.45. The van der Waals surface area contributed by atoms with Crippen LogP contribution in [0.3, 0.4) is 0 Å². The van der Waals surface area contributed by atoms with Crippen molar-refractivity contribution in [1.29, 1.82) is 0 Å². The molecule has 0 unspecified atom stereocenters. The van der Waals surface area contributed by atoms with Gasteiger partial charge in [0, 0.05) is 94.6 Å². The van der Waals surface area contributed by atoms with Crippen LogP contribution in [-0.2, 0) is 23.3 Å². The largest absolute Gasteiger partial charge is 0.491 e. The Hall–Kier alpha value is -13.6. The third-order valence-electron chi connectivity index (χ3n) is 13.4. The fourth-order valence-corrected chi connectivity index (χ4v) is 8.79. The maximum Gasteiger partial charge on any atom is 0.491 e. The molecule has 11 heterocycles. The molecule has 0 bridgehead atoms. The van der Waals surface area contributed by atoms with Crippen LogP contribution < -0.4 is 46.3 Å². The van der Waals surface area contributed by atoms with E-state index in [9.17, 15) is 64.5 Å². The van der Waals surface area contributed by atoms with Gasteiger partial charge in [0.25, 0.3) is 0 Å². The Labute approximate surface area is 667 Å². The molecule has 3 aromatic carbocycles. The Kier molecular flexibility index (Phi) is 39.1. The maximum absolute atomic E-state index is 12.7. The highest BCUT2D eigenvalue weighted by atomic mass is 127. The van der Waals surface area contributed by atoms with E-state index in [4.69, 9.17) is 39.5 Å². The van der Waals surface area contributed by atoms with Gasteiger partial charge in [-0.2, -0.15) is 49.5 Å². The Balaban J connectivity index is 0.000000353. The first kappa shape index (κ1) is 96.6. The van der Waals surface area contributed by atoms with Crippen LogP contribution in [0.4, 0.5) is 80.6 Å². The summed E-state index contributed by atoms with van der Waals surface area (Å²) in [5, 5.41) is 64.2. The van der Waals surface area contributed by atoms with E-state index in [1.807, 2.05) is 22.6 Å². The molecule has 14 rings (SSSR count). The molecule has 0 spiro atoms. The number of nitro groups is 2. The normalized spacial score (nSPS) is 10.9. The third kappa shape index (κ3) is 31.9. The van der Waals surface area contributed by atoms with E-state index in [0.717, 1.165) is 61.6 Å². The van der Waals surface area contributed by atoms with E-state index in [0.29, 0.717) is 49.6 Å². The number of rotatable bonds is 15. The van der Waals surface area contributed by atoms with Crippen LogP contribution in [0.25, 0.3) is 22.7 Å². The number of nitrogens with zero attached hydrogens (tertiary/aromatic N) is 20. The summed E-state index contributed by atoms with van der Waals surface area (Å²) in [7, 11) is 4.54. The monoisotopic (exact) mass is 1740 g/mol. The first-order valence-corrected chi connectivity index (χ1v) is 32.4. The van der Waals surface area contributed by atoms with Gasteiger partial charge in [-0.25, -0.2) is 39.0 Å². The molecule has 1 fully saturated rings. The highest BCUT2D eigenvalue weighted by molar-refractivity contribution is 14.1. The molecule has 1 aliphatic rings. The topological polar surface area (TPSA) is 472 Å². The van der Waals surface area contributed by atoms with Crippen LogP contribution >= 0.6 is 22.6 Å². The maximum atomic E-state index is 12.7. The number of H-pyrrole nitrogens is 2. The smallest absolute Gasteiger partial charge is 0.481 e. The minimum Gasteiger partial charge on any atom is -0.481 e. The molecule has 0 radical (unpaired) electrons. The van der Waals surface area contributed by atoms with Crippen molar-refractivity contribution in [3.63, 3.8) is 0 Å². The molecule has 13 aromatic rings. The number of nitrogens with one attached hydrogen (secondary N) is 4. The third-order valence-corrected chi connectivity index (χ3v) is 14.1. The summed E-state index contributed by atoms with van der Waals surface area (Å²) >= 11 is 1.85. The van der Waals surface area contributed by atoms with Crippen molar-refractivity contribution in [2.75, 3.05) is 58.0 Å². The van der Waals surface area contributed by atoms with Gasteiger partial charge in [0.1, 0.15) is 19.0 Å². The molecule has 116 heavy (non-hydrogen) atoms. The number of benzene rings is 3. The summed E-state index contributed by atoms with van der Waals surface area (Å²) < 4.78 is 143. The lowest BCUT2D eigenvalue weighted by molar-refractivity contribution is -0.394. The van der Waals surface area contributed by atoms with E-state index in [2.05, 4.69) is 91.1 Å². The SMILES string of the molecule is C.C.C.C.C1CCOC1.COc1cc(-n2cnc(N)n2)ccn1.COc1cc(-n2cnc(Nc3cccc(C(F)(F)F)c3)n2)ccn1.COc1cc(-n2cnc([N+](=O)[O-])n2)ccn1.COc1cc(B(O)O)ccn1.FC(F)(F)c1cccc(I)c1.O=[N+]([O-])c1ncn[nH]1.O=c1cc(-n2cnc(Nc3cccc(C(F)(F)F)c3)n2)cc[nH]1.